The minimum Gasteiger partial charge on any atom is -0.380 e. The van der Waals surface area contributed by atoms with Gasteiger partial charge in [0.25, 0.3) is 11.8 Å². The smallest absolute Gasteiger partial charge is 0.254 e. The lowest BCUT2D eigenvalue weighted by Crippen LogP contribution is -2.49. The number of hydrogen-bond donors (Lipinski definition) is 2. The van der Waals surface area contributed by atoms with Gasteiger partial charge in [0.2, 0.25) is 0 Å². The van der Waals surface area contributed by atoms with Crippen LogP contribution in [-0.4, -0.2) is 71.7 Å². The van der Waals surface area contributed by atoms with Crippen LogP contribution in [0, 0.1) is 11.8 Å². The lowest BCUT2D eigenvalue weighted by atomic mass is 10.1. The van der Waals surface area contributed by atoms with Crippen LogP contribution < -0.4 is 0 Å². The summed E-state index contributed by atoms with van der Waals surface area (Å²) < 4.78 is 0. The maximum Gasteiger partial charge on any atom is 0.254 e. The van der Waals surface area contributed by atoms with E-state index in [0.29, 0.717) is 13.0 Å². The molecule has 0 radical (unpaired) electrons. The molecule has 2 atom stereocenters. The molecule has 2 amide bonds. The SMILES string of the molecule is C\C=C/C(C#Cc1ccccc1)=C\C=C(/C)CCCN(C)C(=O)C(O)C(O)C(=O)N(C)C. The predicted octanol–water partition coefficient (Wildman–Crippen LogP) is 2.54. The number of aliphatic hydroxyl groups is 2. The molecule has 0 aliphatic carbocycles. The monoisotopic (exact) mass is 438 g/mol. The Morgan fingerprint density at radius 3 is 2.25 bits per heavy atom. The molecule has 2 N–H and O–H groups in total. The zero-order valence-electron chi connectivity index (χ0n) is 19.6. The van der Waals surface area contributed by atoms with E-state index in [1.807, 2.05) is 68.5 Å². The minimum absolute atomic E-state index is 0.392. The molecule has 0 saturated heterocycles. The van der Waals surface area contributed by atoms with E-state index in [-0.39, 0.29) is 0 Å². The number of aliphatic hydroxyl groups excluding tert-OH is 2. The summed E-state index contributed by atoms with van der Waals surface area (Å²) in [5, 5.41) is 19.8. The van der Waals surface area contributed by atoms with Crippen LogP contribution in [0.15, 0.2) is 65.8 Å². The van der Waals surface area contributed by atoms with Crippen molar-refractivity contribution in [2.45, 2.75) is 38.9 Å². The van der Waals surface area contributed by atoms with Crippen molar-refractivity contribution in [2.24, 2.45) is 0 Å². The number of carbonyl (C=O) groups excluding carboxylic acids is 2. The molecular weight excluding hydrogens is 404 g/mol. The zero-order chi connectivity index (χ0) is 24.1. The largest absolute Gasteiger partial charge is 0.380 e. The number of carbonyl (C=O) groups is 2. The first-order valence-corrected chi connectivity index (χ1v) is 10.6. The molecule has 0 spiro atoms. The van der Waals surface area contributed by atoms with Crippen LogP contribution in [0.1, 0.15) is 32.3 Å². The Hall–Kier alpha value is -3.14. The highest BCUT2D eigenvalue weighted by molar-refractivity contribution is 5.90. The van der Waals surface area contributed by atoms with Gasteiger partial charge in [-0.25, -0.2) is 0 Å². The fourth-order valence-corrected chi connectivity index (χ4v) is 2.77. The molecule has 2 unspecified atom stereocenters. The Morgan fingerprint density at radius 2 is 1.66 bits per heavy atom. The van der Waals surface area contributed by atoms with Crippen molar-refractivity contribution in [1.82, 2.24) is 9.80 Å². The Balaban J connectivity index is 2.64. The summed E-state index contributed by atoms with van der Waals surface area (Å²) in [5.74, 6) is 4.92. The lowest BCUT2D eigenvalue weighted by Gasteiger charge is -2.24. The topological polar surface area (TPSA) is 81.1 Å². The maximum absolute atomic E-state index is 12.3. The van der Waals surface area contributed by atoms with Crippen LogP contribution in [0.25, 0.3) is 0 Å². The van der Waals surface area contributed by atoms with E-state index < -0.39 is 24.0 Å². The van der Waals surface area contributed by atoms with Crippen molar-refractivity contribution < 1.29 is 19.8 Å². The average Bonchev–Trinajstić information content (AvgIpc) is 2.79. The third-order valence-electron chi connectivity index (χ3n) is 4.71. The number of rotatable bonds is 9. The van der Waals surface area contributed by atoms with Gasteiger partial charge in [0.05, 0.1) is 0 Å². The number of nitrogens with zero attached hydrogens (tertiary/aromatic N) is 2. The molecule has 1 rings (SSSR count). The molecule has 0 fully saturated rings. The third kappa shape index (κ3) is 9.34. The van der Waals surface area contributed by atoms with Crippen molar-refractivity contribution in [3.05, 3.63) is 71.3 Å². The average molecular weight is 439 g/mol. The number of benzene rings is 1. The number of likely N-dealkylation sites (N-methyl/N-ethyl adjacent to an activating group) is 2. The van der Waals surface area contributed by atoms with Crippen LogP contribution in [0.2, 0.25) is 0 Å². The summed E-state index contributed by atoms with van der Waals surface area (Å²) in [7, 11) is 4.44. The quantitative estimate of drug-likeness (QED) is 0.459. The minimum atomic E-state index is -1.78. The molecule has 0 heterocycles. The maximum atomic E-state index is 12.3. The van der Waals surface area contributed by atoms with Gasteiger partial charge in [-0.05, 0) is 44.9 Å². The second-order valence-electron chi connectivity index (χ2n) is 7.74. The second kappa shape index (κ2) is 14.0. The van der Waals surface area contributed by atoms with E-state index in [0.717, 1.165) is 28.0 Å². The fourth-order valence-electron chi connectivity index (χ4n) is 2.77. The molecule has 0 aliphatic heterocycles. The summed E-state index contributed by atoms with van der Waals surface area (Å²) >= 11 is 0. The van der Waals surface area contributed by atoms with E-state index in [9.17, 15) is 19.8 Å². The van der Waals surface area contributed by atoms with Crippen molar-refractivity contribution in [1.29, 1.82) is 0 Å². The molecule has 1 aromatic carbocycles. The molecule has 0 aliphatic rings. The summed E-state index contributed by atoms with van der Waals surface area (Å²) in [4.78, 5) is 26.5. The summed E-state index contributed by atoms with van der Waals surface area (Å²) in [5.41, 5.74) is 2.97. The molecular formula is C26H34N2O4. The molecule has 0 saturated carbocycles. The summed E-state index contributed by atoms with van der Waals surface area (Å²) in [6.07, 6.45) is 5.74. The molecule has 172 valence electrons. The highest BCUT2D eigenvalue weighted by Crippen LogP contribution is 2.09. The highest BCUT2D eigenvalue weighted by Gasteiger charge is 2.32. The molecule has 6 nitrogen and oxygen atoms in total. The van der Waals surface area contributed by atoms with Crippen molar-refractivity contribution in [3.63, 3.8) is 0 Å². The molecule has 0 aromatic heterocycles. The Kier molecular flexibility index (Phi) is 11.8. The van der Waals surface area contributed by atoms with Crippen molar-refractivity contribution in [3.8, 4) is 11.8 Å². The number of allylic oxidation sites excluding steroid dienone is 6. The zero-order valence-corrected chi connectivity index (χ0v) is 19.6. The van der Waals surface area contributed by atoms with E-state index in [1.54, 1.807) is 7.05 Å². The van der Waals surface area contributed by atoms with Gasteiger partial charge >= 0.3 is 0 Å². The lowest BCUT2D eigenvalue weighted by molar-refractivity contribution is -0.156. The van der Waals surface area contributed by atoms with Crippen molar-refractivity contribution in [2.75, 3.05) is 27.7 Å². The molecule has 32 heavy (non-hydrogen) atoms. The Bertz CT molecular complexity index is 905. The van der Waals surface area contributed by atoms with Gasteiger partial charge in [0.1, 0.15) is 0 Å². The van der Waals surface area contributed by atoms with Gasteiger partial charge < -0.3 is 20.0 Å². The molecule has 6 heteroatoms. The summed E-state index contributed by atoms with van der Waals surface area (Å²) in [6, 6.07) is 9.79. The van der Waals surface area contributed by atoms with Crippen LogP contribution in [0.4, 0.5) is 0 Å². The Labute approximate surface area is 191 Å². The fraction of sp³-hybridized carbons (Fsp3) is 0.385. The van der Waals surface area contributed by atoms with Gasteiger partial charge in [-0.3, -0.25) is 9.59 Å². The van der Waals surface area contributed by atoms with Crippen LogP contribution in [0.3, 0.4) is 0 Å². The van der Waals surface area contributed by atoms with Gasteiger partial charge in [-0.15, -0.1) is 0 Å². The van der Waals surface area contributed by atoms with E-state index in [2.05, 4.69) is 11.8 Å². The number of hydrogen-bond acceptors (Lipinski definition) is 4. The molecule has 1 aromatic rings. The highest BCUT2D eigenvalue weighted by atomic mass is 16.3. The first-order valence-electron chi connectivity index (χ1n) is 10.6. The normalized spacial score (nSPS) is 13.8. The third-order valence-corrected chi connectivity index (χ3v) is 4.71. The van der Waals surface area contributed by atoms with E-state index in [1.165, 1.54) is 19.0 Å². The summed E-state index contributed by atoms with van der Waals surface area (Å²) in [6.45, 7) is 4.34. The van der Waals surface area contributed by atoms with Gasteiger partial charge in [-0.2, -0.15) is 0 Å². The first-order chi connectivity index (χ1) is 15.2. The van der Waals surface area contributed by atoms with Crippen molar-refractivity contribution >= 4 is 11.8 Å². The van der Waals surface area contributed by atoms with Gasteiger partial charge in [0.15, 0.2) is 12.2 Å². The molecule has 0 bridgehead atoms. The predicted molar refractivity (Wildman–Crippen MR) is 128 cm³/mol. The van der Waals surface area contributed by atoms with Gasteiger partial charge in [-0.1, -0.05) is 53.8 Å². The van der Waals surface area contributed by atoms with E-state index >= 15 is 0 Å². The van der Waals surface area contributed by atoms with Crippen LogP contribution in [0.5, 0.6) is 0 Å². The van der Waals surface area contributed by atoms with E-state index in [4.69, 9.17) is 0 Å². The second-order valence-corrected chi connectivity index (χ2v) is 7.74. The van der Waals surface area contributed by atoms with Crippen LogP contribution >= 0.6 is 0 Å². The first kappa shape index (κ1) is 26.9. The standard InChI is InChI=1S/C26H34N2O4/c1-6-11-21(17-18-22-13-8-7-9-14-22)16-15-20(2)12-10-19-28(5)26(32)24(30)23(29)25(31)27(3)4/h6-9,11,13-16,23-24,29-30H,10,12,19H2,1-5H3/b11-6-,20-15+,21-16+. The van der Waals surface area contributed by atoms with Gasteiger partial charge in [0, 0.05) is 38.8 Å². The number of amides is 2. The van der Waals surface area contributed by atoms with Crippen LogP contribution in [-0.2, 0) is 9.59 Å². The Morgan fingerprint density at radius 1 is 1.03 bits per heavy atom.